The number of rotatable bonds is 3. The molecule has 3 nitrogen and oxygen atoms in total. The van der Waals surface area contributed by atoms with E-state index in [1.807, 2.05) is 13.0 Å². The van der Waals surface area contributed by atoms with Gasteiger partial charge in [-0.2, -0.15) is 0 Å². The van der Waals surface area contributed by atoms with E-state index in [2.05, 4.69) is 35.5 Å². The largest absolute Gasteiger partial charge is 0.492 e. The summed E-state index contributed by atoms with van der Waals surface area (Å²) in [5, 5.41) is 0. The van der Waals surface area contributed by atoms with Crippen LogP contribution in [0.15, 0.2) is 18.2 Å². The van der Waals surface area contributed by atoms with Gasteiger partial charge in [-0.25, -0.2) is 0 Å². The highest BCUT2D eigenvalue weighted by Crippen LogP contribution is 2.40. The number of imidazole rings is 1. The number of hydrogen-bond donors (Lipinski definition) is 1. The minimum atomic E-state index is 0.492. The van der Waals surface area contributed by atoms with E-state index in [-0.39, 0.29) is 0 Å². The molecule has 0 aliphatic heterocycles. The van der Waals surface area contributed by atoms with E-state index < -0.39 is 0 Å². The van der Waals surface area contributed by atoms with E-state index in [9.17, 15) is 0 Å². The SMILES string of the molecule is CCOc1cccc2c1[nH]c(=S)n2C1CCCC(C)C1C. The molecule has 114 valence electrons. The lowest BCUT2D eigenvalue weighted by molar-refractivity contribution is 0.188. The van der Waals surface area contributed by atoms with Crippen LogP contribution in [0.1, 0.15) is 46.1 Å². The molecule has 0 spiro atoms. The van der Waals surface area contributed by atoms with Gasteiger partial charge in [0.05, 0.1) is 12.1 Å². The zero-order valence-corrected chi connectivity index (χ0v) is 13.9. The molecule has 1 aliphatic rings. The number of hydrogen-bond acceptors (Lipinski definition) is 2. The van der Waals surface area contributed by atoms with Crippen LogP contribution in [0, 0.1) is 16.6 Å². The van der Waals surface area contributed by atoms with Gasteiger partial charge in [0, 0.05) is 6.04 Å². The van der Waals surface area contributed by atoms with Crippen LogP contribution < -0.4 is 4.74 Å². The van der Waals surface area contributed by atoms with Gasteiger partial charge < -0.3 is 14.3 Å². The van der Waals surface area contributed by atoms with Crippen molar-refractivity contribution in [3.05, 3.63) is 23.0 Å². The van der Waals surface area contributed by atoms with Crippen molar-refractivity contribution in [1.82, 2.24) is 9.55 Å². The molecule has 2 aromatic rings. The van der Waals surface area contributed by atoms with Crippen LogP contribution >= 0.6 is 12.2 Å². The number of nitrogens with one attached hydrogen (secondary N) is 1. The Balaban J connectivity index is 2.12. The average molecular weight is 304 g/mol. The first kappa shape index (κ1) is 14.6. The molecule has 1 aromatic heterocycles. The zero-order chi connectivity index (χ0) is 15.0. The predicted octanol–water partition coefficient (Wildman–Crippen LogP) is 5.09. The monoisotopic (exact) mass is 304 g/mol. The Morgan fingerprint density at radius 1 is 1.33 bits per heavy atom. The van der Waals surface area contributed by atoms with Crippen molar-refractivity contribution in [2.24, 2.45) is 11.8 Å². The Morgan fingerprint density at radius 3 is 2.90 bits per heavy atom. The third kappa shape index (κ3) is 2.50. The van der Waals surface area contributed by atoms with Crippen molar-refractivity contribution in [1.29, 1.82) is 0 Å². The van der Waals surface area contributed by atoms with Gasteiger partial charge in [0.1, 0.15) is 11.3 Å². The highest BCUT2D eigenvalue weighted by atomic mass is 32.1. The number of H-pyrrole nitrogens is 1. The van der Waals surface area contributed by atoms with E-state index in [1.165, 1.54) is 24.8 Å². The van der Waals surface area contributed by atoms with Gasteiger partial charge in [0.25, 0.3) is 0 Å². The Morgan fingerprint density at radius 2 is 2.14 bits per heavy atom. The summed E-state index contributed by atoms with van der Waals surface area (Å²) < 4.78 is 8.88. The van der Waals surface area contributed by atoms with Crippen LogP contribution in [0.25, 0.3) is 11.0 Å². The summed E-state index contributed by atoms with van der Waals surface area (Å²) in [5.41, 5.74) is 2.21. The van der Waals surface area contributed by atoms with Crippen LogP contribution in [0.5, 0.6) is 5.75 Å². The molecule has 3 unspecified atom stereocenters. The molecule has 0 bridgehead atoms. The van der Waals surface area contributed by atoms with Crippen LogP contribution in [0.3, 0.4) is 0 Å². The number of aromatic nitrogens is 2. The molecular formula is C17H24N2OS. The van der Waals surface area contributed by atoms with Crippen molar-refractivity contribution >= 4 is 23.3 Å². The molecule has 1 aliphatic carbocycles. The summed E-state index contributed by atoms with van der Waals surface area (Å²) >= 11 is 5.62. The first-order valence-electron chi connectivity index (χ1n) is 7.99. The lowest BCUT2D eigenvalue weighted by atomic mass is 9.78. The number of nitrogens with zero attached hydrogens (tertiary/aromatic N) is 1. The van der Waals surface area contributed by atoms with Gasteiger partial charge in [0.15, 0.2) is 4.77 Å². The lowest BCUT2D eigenvalue weighted by Crippen LogP contribution is -2.27. The smallest absolute Gasteiger partial charge is 0.178 e. The van der Waals surface area contributed by atoms with E-state index in [0.717, 1.165) is 22.0 Å². The minimum Gasteiger partial charge on any atom is -0.492 e. The van der Waals surface area contributed by atoms with E-state index >= 15 is 0 Å². The molecule has 3 atom stereocenters. The van der Waals surface area contributed by atoms with Gasteiger partial charge in [-0.15, -0.1) is 0 Å². The quantitative estimate of drug-likeness (QED) is 0.800. The Hall–Kier alpha value is -1.29. The first-order valence-corrected chi connectivity index (χ1v) is 8.40. The van der Waals surface area contributed by atoms with Crippen molar-refractivity contribution in [3.63, 3.8) is 0 Å². The maximum absolute atomic E-state index is 5.73. The highest BCUT2D eigenvalue weighted by molar-refractivity contribution is 7.71. The third-order valence-electron chi connectivity index (χ3n) is 5.01. The first-order chi connectivity index (χ1) is 10.1. The molecule has 1 N–H and O–H groups in total. The van der Waals surface area contributed by atoms with Gasteiger partial charge >= 0.3 is 0 Å². The number of aromatic amines is 1. The standard InChI is InChI=1S/C17H24N2OS/c1-4-20-15-10-6-9-14-16(15)18-17(21)19(14)13-8-5-7-11(2)12(13)3/h6,9-13H,4-5,7-8H2,1-3H3,(H,18,21). The molecular weight excluding hydrogens is 280 g/mol. The molecule has 1 aromatic carbocycles. The maximum Gasteiger partial charge on any atom is 0.178 e. The average Bonchev–Trinajstić information content (AvgIpc) is 2.80. The van der Waals surface area contributed by atoms with Crippen LogP contribution in [0.4, 0.5) is 0 Å². The summed E-state index contributed by atoms with van der Waals surface area (Å²) in [5.74, 6) is 2.31. The number of benzene rings is 1. The molecule has 0 saturated heterocycles. The molecule has 4 heteroatoms. The molecule has 0 radical (unpaired) electrons. The zero-order valence-electron chi connectivity index (χ0n) is 13.1. The van der Waals surface area contributed by atoms with Gasteiger partial charge in [0.2, 0.25) is 0 Å². The van der Waals surface area contributed by atoms with Crippen LogP contribution in [-0.2, 0) is 0 Å². The van der Waals surface area contributed by atoms with Crippen molar-refractivity contribution in [3.8, 4) is 5.75 Å². The van der Waals surface area contributed by atoms with Crippen molar-refractivity contribution < 1.29 is 4.74 Å². The fourth-order valence-corrected chi connectivity index (χ4v) is 3.98. The Kier molecular flexibility index (Phi) is 4.07. The summed E-state index contributed by atoms with van der Waals surface area (Å²) in [4.78, 5) is 3.37. The molecule has 21 heavy (non-hydrogen) atoms. The predicted molar refractivity (Wildman–Crippen MR) is 89.5 cm³/mol. The van der Waals surface area contributed by atoms with E-state index in [4.69, 9.17) is 17.0 Å². The number of para-hydroxylation sites is 1. The fourth-order valence-electron chi connectivity index (χ4n) is 3.65. The molecule has 1 heterocycles. The topological polar surface area (TPSA) is 29.9 Å². The second-order valence-corrected chi connectivity index (χ2v) is 6.60. The fraction of sp³-hybridized carbons (Fsp3) is 0.588. The van der Waals surface area contributed by atoms with E-state index in [1.54, 1.807) is 0 Å². The van der Waals surface area contributed by atoms with Gasteiger partial charge in [-0.05, 0) is 49.5 Å². The second kappa shape index (κ2) is 5.84. The van der Waals surface area contributed by atoms with Crippen LogP contribution in [0.2, 0.25) is 0 Å². The van der Waals surface area contributed by atoms with E-state index in [0.29, 0.717) is 18.6 Å². The van der Waals surface area contributed by atoms with Crippen molar-refractivity contribution in [2.75, 3.05) is 6.61 Å². The Bertz CT molecular complexity index is 688. The minimum absolute atomic E-state index is 0.492. The summed E-state index contributed by atoms with van der Waals surface area (Å²) in [6.07, 6.45) is 3.83. The number of fused-ring (bicyclic) bond motifs is 1. The highest BCUT2D eigenvalue weighted by Gasteiger charge is 2.30. The van der Waals surface area contributed by atoms with Gasteiger partial charge in [-0.1, -0.05) is 32.8 Å². The summed E-state index contributed by atoms with van der Waals surface area (Å²) in [7, 11) is 0. The lowest BCUT2D eigenvalue weighted by Gasteiger charge is -2.35. The number of ether oxygens (including phenoxy) is 1. The normalized spacial score (nSPS) is 26.1. The second-order valence-electron chi connectivity index (χ2n) is 6.22. The molecule has 1 saturated carbocycles. The molecule has 3 rings (SSSR count). The summed E-state index contributed by atoms with van der Waals surface area (Å²) in [6.45, 7) is 7.40. The molecule has 0 amide bonds. The van der Waals surface area contributed by atoms with Gasteiger partial charge in [-0.3, -0.25) is 0 Å². The Labute approximate surface area is 131 Å². The maximum atomic E-state index is 5.73. The van der Waals surface area contributed by atoms with Crippen LogP contribution in [-0.4, -0.2) is 16.2 Å². The molecule has 1 fully saturated rings. The van der Waals surface area contributed by atoms with Crippen molar-refractivity contribution in [2.45, 2.75) is 46.1 Å². The summed E-state index contributed by atoms with van der Waals surface area (Å²) in [6, 6.07) is 6.71. The third-order valence-corrected chi connectivity index (χ3v) is 5.31.